The second-order valence-electron chi connectivity index (χ2n) is 8.18. The van der Waals surface area contributed by atoms with E-state index in [1.54, 1.807) is 0 Å². The second kappa shape index (κ2) is 9.20. The molecule has 1 heterocycles. The molecule has 3 atom stereocenters. The summed E-state index contributed by atoms with van der Waals surface area (Å²) in [5.41, 5.74) is 5.38. The highest BCUT2D eigenvalue weighted by molar-refractivity contribution is 6.68. The third-order valence-corrected chi connectivity index (χ3v) is 4.23. The van der Waals surface area contributed by atoms with Crippen LogP contribution in [0.25, 0.3) is 5.53 Å². The summed E-state index contributed by atoms with van der Waals surface area (Å²) < 4.78 is 7.84. The van der Waals surface area contributed by atoms with Gasteiger partial charge in [0.15, 0.2) is 0 Å². The number of esters is 2. The molecule has 168 valence electrons. The molecule has 0 aliphatic carbocycles. The fraction of sp³-hybridized carbons (Fsp3) is 0.706. The van der Waals surface area contributed by atoms with Gasteiger partial charge in [0.25, 0.3) is 5.78 Å². The Morgan fingerprint density at radius 2 is 1.73 bits per heavy atom. The summed E-state index contributed by atoms with van der Waals surface area (Å²) in [7, 11) is 0. The van der Waals surface area contributed by atoms with E-state index in [4.69, 9.17) is 39.5 Å². The number of nitrogens with one attached hydrogen (secondary N) is 1. The summed E-state index contributed by atoms with van der Waals surface area (Å²) in [6, 6.07) is -1.24. The van der Waals surface area contributed by atoms with Gasteiger partial charge in [-0.3, -0.25) is 14.4 Å². The predicted octanol–water partition coefficient (Wildman–Crippen LogP) is 0.983. The van der Waals surface area contributed by atoms with E-state index in [0.717, 1.165) is 0 Å². The van der Waals surface area contributed by atoms with Gasteiger partial charge in [-0.2, -0.15) is 4.79 Å². The monoisotopic (exact) mass is 485 g/mol. The Kier molecular flexibility index (Phi) is 8.07. The van der Waals surface area contributed by atoms with Gasteiger partial charge in [0.2, 0.25) is 9.70 Å². The molecule has 0 radical (unpaired) electrons. The first-order chi connectivity index (χ1) is 13.4. The van der Waals surface area contributed by atoms with E-state index < -0.39 is 68.8 Å². The maximum atomic E-state index is 13.0. The van der Waals surface area contributed by atoms with Crippen LogP contribution in [0.5, 0.6) is 0 Å². The van der Waals surface area contributed by atoms with Crippen LogP contribution < -0.4 is 5.32 Å². The number of alkyl halides is 3. The number of Topliss-reactive ketones (excluding diaryl/α,β-unsaturated/α-hetero) is 1. The van der Waals surface area contributed by atoms with Crippen molar-refractivity contribution in [1.29, 1.82) is 0 Å². The number of carbonyl (C=O) groups is 4. The normalized spacial score (nSPS) is 20.2. The molecule has 1 saturated heterocycles. The van der Waals surface area contributed by atoms with Crippen LogP contribution in [0.15, 0.2) is 0 Å². The lowest BCUT2D eigenvalue weighted by atomic mass is 9.71. The minimum atomic E-state index is -2.00. The first kappa shape index (κ1) is 26.3. The molecule has 30 heavy (non-hydrogen) atoms. The van der Waals surface area contributed by atoms with E-state index in [-0.39, 0.29) is 0 Å². The predicted molar refractivity (Wildman–Crippen MR) is 106 cm³/mol. The molecule has 0 bridgehead atoms. The van der Waals surface area contributed by atoms with Crippen LogP contribution in [-0.2, 0) is 28.7 Å². The van der Waals surface area contributed by atoms with Crippen molar-refractivity contribution in [2.75, 3.05) is 6.61 Å². The molecule has 0 saturated carbocycles. The van der Waals surface area contributed by atoms with Gasteiger partial charge in [-0.05, 0) is 34.6 Å². The SMILES string of the molecule is CC(C)(C)OC(=O)C(C(=O)C(=[N+]=[N-])C(=O)OCC(Cl)(Cl)Cl)[C@H]1NC(=O)[C@@H]1C(C)(C)O. The van der Waals surface area contributed by atoms with Crippen LogP contribution >= 0.6 is 34.8 Å². The number of β-lactam (4-membered cyclic amide) rings is 1. The molecule has 1 aliphatic heterocycles. The van der Waals surface area contributed by atoms with Crippen molar-refractivity contribution in [3.8, 4) is 0 Å². The Morgan fingerprint density at radius 1 is 1.20 bits per heavy atom. The van der Waals surface area contributed by atoms with Crippen molar-refractivity contribution in [2.24, 2.45) is 11.8 Å². The molecular weight excluding hydrogens is 465 g/mol. The average molecular weight is 487 g/mol. The van der Waals surface area contributed by atoms with Gasteiger partial charge in [0, 0.05) is 0 Å². The molecule has 0 aromatic carbocycles. The van der Waals surface area contributed by atoms with Crippen LogP contribution in [0.4, 0.5) is 0 Å². The molecule has 1 rings (SSSR count). The maximum absolute atomic E-state index is 13.0. The van der Waals surface area contributed by atoms with Crippen LogP contribution in [0, 0.1) is 11.8 Å². The molecule has 1 unspecified atom stereocenters. The molecule has 0 spiro atoms. The standard InChI is InChI=1S/C17H22Cl3N3O7/c1-15(2,3)30-13(26)7(9-8(12(25)22-9)16(4,5)28)11(24)10(23-21)14(27)29-6-17(18,19)20/h7-9,28H,6H2,1-5H3,(H,22,25)/t7?,8-,9-/m1/s1. The maximum Gasteiger partial charge on any atom is 0.442 e. The number of nitrogens with zero attached hydrogens (tertiary/aromatic N) is 2. The average Bonchev–Trinajstić information content (AvgIpc) is 2.48. The highest BCUT2D eigenvalue weighted by Crippen LogP contribution is 2.34. The number of hydrogen-bond acceptors (Lipinski definition) is 7. The molecular formula is C17H22Cl3N3O7. The van der Waals surface area contributed by atoms with Crippen molar-refractivity contribution in [3.05, 3.63) is 5.53 Å². The Balaban J connectivity index is 3.28. The van der Waals surface area contributed by atoms with Crippen LogP contribution in [0.1, 0.15) is 34.6 Å². The summed E-state index contributed by atoms with van der Waals surface area (Å²) >= 11 is 16.4. The molecule has 13 heteroatoms. The minimum Gasteiger partial charge on any atom is -0.459 e. The molecule has 10 nitrogen and oxygen atoms in total. The Labute approximate surface area is 187 Å². The lowest BCUT2D eigenvalue weighted by Gasteiger charge is -2.45. The second-order valence-corrected chi connectivity index (χ2v) is 10.7. The molecule has 0 aromatic rings. The highest BCUT2D eigenvalue weighted by atomic mass is 35.6. The van der Waals surface area contributed by atoms with Crippen LogP contribution in [-0.4, -0.2) is 66.9 Å². The van der Waals surface area contributed by atoms with Crippen LogP contribution in [0.3, 0.4) is 0 Å². The highest BCUT2D eigenvalue weighted by Gasteiger charge is 2.58. The van der Waals surface area contributed by atoms with E-state index in [9.17, 15) is 29.8 Å². The van der Waals surface area contributed by atoms with Crippen molar-refractivity contribution in [2.45, 2.75) is 55.7 Å². The zero-order chi connectivity index (χ0) is 23.7. The quantitative estimate of drug-likeness (QED) is 0.103. The Hall–Kier alpha value is -1.71. The summed E-state index contributed by atoms with van der Waals surface area (Å²) in [4.78, 5) is 52.4. The fourth-order valence-corrected chi connectivity index (χ4v) is 2.94. The van der Waals surface area contributed by atoms with Crippen molar-refractivity contribution in [1.82, 2.24) is 5.32 Å². The van der Waals surface area contributed by atoms with Gasteiger partial charge in [0.1, 0.15) is 18.1 Å². The Morgan fingerprint density at radius 3 is 2.10 bits per heavy atom. The lowest BCUT2D eigenvalue weighted by molar-refractivity contribution is -0.170. The third-order valence-electron chi connectivity index (χ3n) is 3.91. The molecule has 2 N–H and O–H groups in total. The Bertz CT molecular complexity index is 790. The molecule has 0 aromatic heterocycles. The summed E-state index contributed by atoms with van der Waals surface area (Å²) in [5, 5.41) is 12.6. The van der Waals surface area contributed by atoms with Gasteiger partial charge >= 0.3 is 17.7 Å². The summed E-state index contributed by atoms with van der Waals surface area (Å²) in [5.74, 6) is -7.49. The number of hydrogen-bond donors (Lipinski definition) is 2. The van der Waals surface area contributed by atoms with Gasteiger partial charge in [-0.1, -0.05) is 34.8 Å². The zero-order valence-corrected chi connectivity index (χ0v) is 19.1. The number of aliphatic hydroxyl groups is 1. The van der Waals surface area contributed by atoms with Gasteiger partial charge in [0.05, 0.1) is 17.6 Å². The first-order valence-corrected chi connectivity index (χ1v) is 9.78. The lowest BCUT2D eigenvalue weighted by Crippen LogP contribution is -2.70. The minimum absolute atomic E-state index is 0.616. The van der Waals surface area contributed by atoms with Gasteiger partial charge < -0.3 is 25.4 Å². The number of carbonyl (C=O) groups excluding carboxylic acids is 4. The largest absolute Gasteiger partial charge is 0.459 e. The van der Waals surface area contributed by atoms with E-state index in [1.165, 1.54) is 34.6 Å². The van der Waals surface area contributed by atoms with Crippen LogP contribution in [0.2, 0.25) is 0 Å². The van der Waals surface area contributed by atoms with E-state index in [2.05, 4.69) is 14.8 Å². The molecule has 1 fully saturated rings. The zero-order valence-electron chi connectivity index (χ0n) is 16.9. The first-order valence-electron chi connectivity index (χ1n) is 8.65. The fourth-order valence-electron chi connectivity index (χ4n) is 2.78. The summed E-state index contributed by atoms with van der Waals surface area (Å²) in [6.45, 7) is 6.47. The molecule has 1 amide bonds. The number of rotatable bonds is 7. The number of amides is 1. The number of halogens is 3. The van der Waals surface area contributed by atoms with Crippen molar-refractivity contribution in [3.63, 3.8) is 0 Å². The summed E-state index contributed by atoms with van der Waals surface area (Å²) in [6.07, 6.45) is 0. The number of ketones is 1. The van der Waals surface area contributed by atoms with Gasteiger partial charge in [-0.15, -0.1) is 0 Å². The van der Waals surface area contributed by atoms with E-state index in [1.807, 2.05) is 0 Å². The molecule has 1 aliphatic rings. The van der Waals surface area contributed by atoms with Crippen molar-refractivity contribution < 1.29 is 38.5 Å². The third kappa shape index (κ3) is 6.92. The van der Waals surface area contributed by atoms with Gasteiger partial charge in [-0.25, -0.2) is 4.79 Å². The number of ether oxygens (including phenoxy) is 2. The van der Waals surface area contributed by atoms with E-state index in [0.29, 0.717) is 0 Å². The smallest absolute Gasteiger partial charge is 0.442 e. The topological polar surface area (TPSA) is 155 Å². The van der Waals surface area contributed by atoms with E-state index >= 15 is 0 Å². The van der Waals surface area contributed by atoms with Crippen molar-refractivity contribution >= 4 is 64.1 Å².